The van der Waals surface area contributed by atoms with E-state index in [1.165, 1.54) is 38.5 Å². The molecule has 0 radical (unpaired) electrons. The van der Waals surface area contributed by atoms with E-state index in [0.717, 1.165) is 17.8 Å². The molecule has 0 aromatic carbocycles. The van der Waals surface area contributed by atoms with E-state index in [4.69, 9.17) is 0 Å². The number of rotatable bonds is 3. The first-order chi connectivity index (χ1) is 5.79. The quantitative estimate of drug-likeness (QED) is 0.591. The molecule has 0 saturated heterocycles. The van der Waals surface area contributed by atoms with Gasteiger partial charge < -0.3 is 0 Å². The smallest absolute Gasteiger partial charge is 0.0360 e. The van der Waals surface area contributed by atoms with E-state index in [1.54, 1.807) is 0 Å². The Balaban J connectivity index is 2.47. The molecule has 3 unspecified atom stereocenters. The molecule has 1 rings (SSSR count). The molecule has 0 N–H and O–H groups in total. The first kappa shape index (κ1) is 10.1. The normalized spacial score (nSPS) is 36.8. The average molecular weight is 168 g/mol. The summed E-state index contributed by atoms with van der Waals surface area (Å²) in [5.41, 5.74) is 0. The summed E-state index contributed by atoms with van der Waals surface area (Å²) in [7, 11) is 0. The molecule has 0 amide bonds. The van der Waals surface area contributed by atoms with Crippen molar-refractivity contribution in [3.63, 3.8) is 0 Å². The Morgan fingerprint density at radius 2 is 1.92 bits per heavy atom. The number of hydrogen-bond donors (Lipinski definition) is 0. The zero-order chi connectivity index (χ0) is 8.97. The Kier molecular flexibility index (Phi) is 4.11. The Labute approximate surface area is 77.7 Å². The summed E-state index contributed by atoms with van der Waals surface area (Å²) in [6.45, 7) is 7.15. The fourth-order valence-electron chi connectivity index (χ4n) is 2.96. The highest BCUT2D eigenvalue weighted by Gasteiger charge is 2.28. The minimum Gasteiger partial charge on any atom is -0.0654 e. The van der Waals surface area contributed by atoms with Crippen LogP contribution in [0.2, 0.25) is 0 Å². The lowest BCUT2D eigenvalue weighted by Crippen LogP contribution is -2.26. The Bertz CT molecular complexity index is 117. The summed E-state index contributed by atoms with van der Waals surface area (Å²) in [5, 5.41) is 0. The van der Waals surface area contributed by atoms with Gasteiger partial charge in [-0.3, -0.25) is 0 Å². The fourth-order valence-corrected chi connectivity index (χ4v) is 2.96. The van der Waals surface area contributed by atoms with E-state index in [9.17, 15) is 0 Å². The van der Waals surface area contributed by atoms with Crippen LogP contribution in [0, 0.1) is 17.8 Å². The molecular formula is C12H24. The van der Waals surface area contributed by atoms with Gasteiger partial charge in [-0.25, -0.2) is 0 Å². The van der Waals surface area contributed by atoms with E-state index in [0.29, 0.717) is 0 Å². The molecule has 3 atom stereocenters. The van der Waals surface area contributed by atoms with Crippen LogP contribution in [0.4, 0.5) is 0 Å². The third-order valence-electron chi connectivity index (χ3n) is 3.72. The fraction of sp³-hybridized carbons (Fsp3) is 1.00. The van der Waals surface area contributed by atoms with E-state index in [1.807, 2.05) is 0 Å². The van der Waals surface area contributed by atoms with Crippen molar-refractivity contribution in [2.24, 2.45) is 17.8 Å². The predicted molar refractivity (Wildman–Crippen MR) is 55.2 cm³/mol. The maximum Gasteiger partial charge on any atom is -0.0360 e. The van der Waals surface area contributed by atoms with Gasteiger partial charge in [0, 0.05) is 0 Å². The first-order valence-corrected chi connectivity index (χ1v) is 5.79. The lowest BCUT2D eigenvalue weighted by Gasteiger charge is -2.36. The molecule has 1 aliphatic rings. The average Bonchev–Trinajstić information content (AvgIpc) is 2.09. The van der Waals surface area contributed by atoms with Crippen molar-refractivity contribution in [1.29, 1.82) is 0 Å². The van der Waals surface area contributed by atoms with Gasteiger partial charge in [0.15, 0.2) is 0 Å². The lowest BCUT2D eigenvalue weighted by molar-refractivity contribution is 0.149. The van der Waals surface area contributed by atoms with Crippen molar-refractivity contribution < 1.29 is 0 Å². The van der Waals surface area contributed by atoms with Crippen LogP contribution in [0.5, 0.6) is 0 Å². The molecule has 1 aliphatic carbocycles. The van der Waals surface area contributed by atoms with Gasteiger partial charge in [-0.15, -0.1) is 0 Å². The molecule has 0 spiro atoms. The van der Waals surface area contributed by atoms with Crippen LogP contribution < -0.4 is 0 Å². The second kappa shape index (κ2) is 4.89. The first-order valence-electron chi connectivity index (χ1n) is 5.79. The minimum absolute atomic E-state index is 1.00. The van der Waals surface area contributed by atoms with Crippen molar-refractivity contribution in [1.82, 2.24) is 0 Å². The Morgan fingerprint density at radius 3 is 2.50 bits per heavy atom. The predicted octanol–water partition coefficient (Wildman–Crippen LogP) is 4.25. The Morgan fingerprint density at radius 1 is 1.17 bits per heavy atom. The lowest BCUT2D eigenvalue weighted by atomic mass is 9.70. The second-order valence-electron chi connectivity index (χ2n) is 4.53. The highest BCUT2D eigenvalue weighted by atomic mass is 14.3. The summed E-state index contributed by atoms with van der Waals surface area (Å²) >= 11 is 0. The molecule has 1 saturated carbocycles. The molecule has 0 aromatic rings. The minimum atomic E-state index is 1.00. The molecular weight excluding hydrogens is 144 g/mol. The van der Waals surface area contributed by atoms with Gasteiger partial charge >= 0.3 is 0 Å². The zero-order valence-corrected chi connectivity index (χ0v) is 8.97. The van der Waals surface area contributed by atoms with Crippen LogP contribution in [0.25, 0.3) is 0 Å². The summed E-state index contributed by atoms with van der Waals surface area (Å²) in [6.07, 6.45) is 8.74. The van der Waals surface area contributed by atoms with Crippen LogP contribution >= 0.6 is 0 Å². The van der Waals surface area contributed by atoms with Crippen LogP contribution in [-0.4, -0.2) is 0 Å². The van der Waals surface area contributed by atoms with Crippen molar-refractivity contribution in [3.05, 3.63) is 0 Å². The summed E-state index contributed by atoms with van der Waals surface area (Å²) < 4.78 is 0. The van der Waals surface area contributed by atoms with E-state index in [2.05, 4.69) is 20.8 Å². The molecule has 0 aromatic heterocycles. The molecule has 0 heterocycles. The third-order valence-corrected chi connectivity index (χ3v) is 3.72. The number of hydrogen-bond acceptors (Lipinski definition) is 0. The highest BCUT2D eigenvalue weighted by molar-refractivity contribution is 4.78. The van der Waals surface area contributed by atoms with Gasteiger partial charge in [0.25, 0.3) is 0 Å². The highest BCUT2D eigenvalue weighted by Crippen LogP contribution is 2.38. The SMILES string of the molecule is CCCC1C(C)CCCC1CC. The van der Waals surface area contributed by atoms with Crippen LogP contribution in [0.1, 0.15) is 59.3 Å². The van der Waals surface area contributed by atoms with Gasteiger partial charge in [-0.2, -0.15) is 0 Å². The van der Waals surface area contributed by atoms with E-state index in [-0.39, 0.29) is 0 Å². The molecule has 72 valence electrons. The van der Waals surface area contributed by atoms with Gasteiger partial charge in [-0.05, 0) is 17.8 Å². The van der Waals surface area contributed by atoms with Crippen LogP contribution in [-0.2, 0) is 0 Å². The van der Waals surface area contributed by atoms with Gasteiger partial charge in [-0.1, -0.05) is 59.3 Å². The van der Waals surface area contributed by atoms with Crippen LogP contribution in [0.15, 0.2) is 0 Å². The van der Waals surface area contributed by atoms with Crippen LogP contribution in [0.3, 0.4) is 0 Å². The molecule has 1 fully saturated rings. The third kappa shape index (κ3) is 2.24. The molecule has 0 heteroatoms. The maximum atomic E-state index is 2.46. The zero-order valence-electron chi connectivity index (χ0n) is 8.97. The maximum absolute atomic E-state index is 2.46. The van der Waals surface area contributed by atoms with E-state index < -0.39 is 0 Å². The standard InChI is InChI=1S/C12H24/c1-4-7-12-10(3)8-6-9-11(12)5-2/h10-12H,4-9H2,1-3H3. The summed E-state index contributed by atoms with van der Waals surface area (Å²) in [4.78, 5) is 0. The van der Waals surface area contributed by atoms with Gasteiger partial charge in [0.1, 0.15) is 0 Å². The van der Waals surface area contributed by atoms with E-state index >= 15 is 0 Å². The largest absolute Gasteiger partial charge is 0.0654 e. The monoisotopic (exact) mass is 168 g/mol. The molecule has 0 aliphatic heterocycles. The molecule has 0 nitrogen and oxygen atoms in total. The van der Waals surface area contributed by atoms with Crippen molar-refractivity contribution in [3.8, 4) is 0 Å². The second-order valence-corrected chi connectivity index (χ2v) is 4.53. The van der Waals surface area contributed by atoms with Crippen molar-refractivity contribution in [2.45, 2.75) is 59.3 Å². The summed E-state index contributed by atoms with van der Waals surface area (Å²) in [6, 6.07) is 0. The summed E-state index contributed by atoms with van der Waals surface area (Å²) in [5.74, 6) is 3.10. The Hall–Kier alpha value is 0. The van der Waals surface area contributed by atoms with Gasteiger partial charge in [0.2, 0.25) is 0 Å². The van der Waals surface area contributed by atoms with Crippen molar-refractivity contribution >= 4 is 0 Å². The molecule has 0 bridgehead atoms. The van der Waals surface area contributed by atoms with Gasteiger partial charge in [0.05, 0.1) is 0 Å². The van der Waals surface area contributed by atoms with Crippen molar-refractivity contribution in [2.75, 3.05) is 0 Å². The molecule has 12 heavy (non-hydrogen) atoms. The topological polar surface area (TPSA) is 0 Å².